The van der Waals surface area contributed by atoms with Crippen molar-refractivity contribution in [1.29, 1.82) is 0 Å². The molecule has 0 fully saturated rings. The van der Waals surface area contributed by atoms with E-state index in [9.17, 15) is 4.79 Å². The second-order valence-corrected chi connectivity index (χ2v) is 7.90. The molecule has 0 bridgehead atoms. The molecular weight excluding hydrogens is 416 g/mol. The van der Waals surface area contributed by atoms with Gasteiger partial charge in [0, 0.05) is 11.1 Å². The van der Waals surface area contributed by atoms with E-state index in [-0.39, 0.29) is 12.0 Å². The molecule has 2 atom stereocenters. The molecule has 0 unspecified atom stereocenters. The van der Waals surface area contributed by atoms with Crippen molar-refractivity contribution < 1.29 is 14.3 Å². The molecule has 1 aromatic heterocycles. The molecule has 162 valence electrons. The van der Waals surface area contributed by atoms with Crippen LogP contribution in [0.15, 0.2) is 90.8 Å². The summed E-state index contributed by atoms with van der Waals surface area (Å²) in [5.74, 6) is 1.09. The third-order valence-corrected chi connectivity index (χ3v) is 6.07. The topological polar surface area (TPSA) is 78.3 Å². The second-order valence-electron chi connectivity index (χ2n) is 7.90. The monoisotopic (exact) mass is 436 g/mol. The van der Waals surface area contributed by atoms with Gasteiger partial charge in [0.2, 0.25) is 5.95 Å². The van der Waals surface area contributed by atoms with Crippen molar-refractivity contribution in [3.8, 4) is 5.75 Å². The van der Waals surface area contributed by atoms with Gasteiger partial charge in [-0.05, 0) is 35.4 Å². The number of para-hydroxylation sites is 1. The molecule has 2 aliphatic heterocycles. The Bertz CT molecular complexity index is 1380. The van der Waals surface area contributed by atoms with Crippen LogP contribution in [0.25, 0.3) is 5.70 Å². The lowest BCUT2D eigenvalue weighted by molar-refractivity contribution is 0.0600. The van der Waals surface area contributed by atoms with E-state index in [1.54, 1.807) is 18.5 Å². The molecule has 0 spiro atoms. The van der Waals surface area contributed by atoms with Crippen molar-refractivity contribution in [3.63, 3.8) is 0 Å². The van der Waals surface area contributed by atoms with E-state index in [4.69, 9.17) is 9.47 Å². The number of esters is 1. The number of hydrogen-bond acceptors (Lipinski definition) is 6. The number of methoxy groups -OCH3 is 1. The van der Waals surface area contributed by atoms with Crippen LogP contribution in [0.5, 0.6) is 5.75 Å². The van der Waals surface area contributed by atoms with Crippen molar-refractivity contribution in [2.45, 2.75) is 12.1 Å². The molecule has 0 saturated heterocycles. The van der Waals surface area contributed by atoms with Gasteiger partial charge < -0.3 is 14.8 Å². The molecule has 0 amide bonds. The number of nitrogens with zero attached hydrogens (tertiary/aromatic N) is 3. The van der Waals surface area contributed by atoms with Crippen LogP contribution in [0.3, 0.4) is 0 Å². The molecule has 0 saturated carbocycles. The minimum Gasteiger partial charge on any atom is -0.480 e. The number of hydrogen-bond donors (Lipinski definition) is 1. The highest BCUT2D eigenvalue weighted by Crippen LogP contribution is 2.50. The first-order valence-corrected chi connectivity index (χ1v) is 10.6. The van der Waals surface area contributed by atoms with Gasteiger partial charge >= 0.3 is 5.97 Å². The van der Waals surface area contributed by atoms with Crippen molar-refractivity contribution >= 4 is 17.6 Å². The molecule has 0 aliphatic carbocycles. The molecule has 0 radical (unpaired) electrons. The van der Waals surface area contributed by atoms with Crippen molar-refractivity contribution in [3.05, 3.63) is 113 Å². The van der Waals surface area contributed by atoms with Gasteiger partial charge in [0.05, 0.1) is 18.4 Å². The summed E-state index contributed by atoms with van der Waals surface area (Å²) in [7, 11) is 1.38. The number of benzene rings is 3. The van der Waals surface area contributed by atoms with Crippen LogP contribution in [0, 0.1) is 0 Å². The molecule has 6 rings (SSSR count). The quantitative estimate of drug-likeness (QED) is 0.472. The Labute approximate surface area is 190 Å². The van der Waals surface area contributed by atoms with Gasteiger partial charge in [0.25, 0.3) is 0 Å². The van der Waals surface area contributed by atoms with Crippen molar-refractivity contribution in [2.75, 3.05) is 12.4 Å². The van der Waals surface area contributed by atoms with Crippen LogP contribution < -0.4 is 10.1 Å². The van der Waals surface area contributed by atoms with Crippen LogP contribution >= 0.6 is 0 Å². The smallest absolute Gasteiger partial charge is 0.337 e. The first-order chi connectivity index (χ1) is 16.2. The summed E-state index contributed by atoms with van der Waals surface area (Å²) in [6.07, 6.45) is 1.17. The van der Waals surface area contributed by atoms with Crippen LogP contribution in [-0.2, 0) is 4.74 Å². The highest BCUT2D eigenvalue weighted by molar-refractivity contribution is 5.89. The summed E-state index contributed by atoms with van der Waals surface area (Å²) < 4.78 is 13.3. The number of carbonyl (C=O) groups is 1. The minimum absolute atomic E-state index is 0.210. The van der Waals surface area contributed by atoms with Gasteiger partial charge in [0.15, 0.2) is 0 Å². The second kappa shape index (κ2) is 7.63. The van der Waals surface area contributed by atoms with Gasteiger partial charge in [-0.2, -0.15) is 10.1 Å². The fourth-order valence-corrected chi connectivity index (χ4v) is 4.56. The summed E-state index contributed by atoms with van der Waals surface area (Å²) in [5, 5.41) is 8.02. The van der Waals surface area contributed by atoms with E-state index in [1.165, 1.54) is 7.11 Å². The van der Waals surface area contributed by atoms with Crippen LogP contribution in [-0.4, -0.2) is 27.8 Å². The van der Waals surface area contributed by atoms with E-state index in [0.29, 0.717) is 11.5 Å². The lowest BCUT2D eigenvalue weighted by Gasteiger charge is -2.39. The zero-order valence-corrected chi connectivity index (χ0v) is 17.8. The Kier molecular flexibility index (Phi) is 4.47. The van der Waals surface area contributed by atoms with Crippen LogP contribution in [0.2, 0.25) is 0 Å². The number of nitrogens with one attached hydrogen (secondary N) is 1. The highest BCUT2D eigenvalue weighted by Gasteiger charge is 2.40. The largest absolute Gasteiger partial charge is 0.480 e. The van der Waals surface area contributed by atoms with Crippen molar-refractivity contribution in [1.82, 2.24) is 14.8 Å². The van der Waals surface area contributed by atoms with E-state index in [1.807, 2.05) is 59.3 Å². The summed E-state index contributed by atoms with van der Waals surface area (Å²) in [6.45, 7) is 0. The number of rotatable bonds is 3. The number of ether oxygens (including phenoxy) is 2. The summed E-state index contributed by atoms with van der Waals surface area (Å²) in [5.41, 5.74) is 5.47. The molecule has 3 aromatic carbocycles. The van der Waals surface area contributed by atoms with Gasteiger partial charge in [0.1, 0.15) is 24.2 Å². The first kappa shape index (κ1) is 19.3. The Hall–Kier alpha value is -4.39. The maximum absolute atomic E-state index is 11.9. The molecule has 1 N–H and O–H groups in total. The van der Waals surface area contributed by atoms with E-state index in [0.717, 1.165) is 33.7 Å². The van der Waals surface area contributed by atoms with Gasteiger partial charge in [-0.15, -0.1) is 0 Å². The fourth-order valence-electron chi connectivity index (χ4n) is 4.56. The minimum atomic E-state index is -0.392. The summed E-state index contributed by atoms with van der Waals surface area (Å²) in [4.78, 5) is 16.4. The third-order valence-electron chi connectivity index (χ3n) is 6.07. The van der Waals surface area contributed by atoms with Crippen LogP contribution in [0.1, 0.15) is 39.2 Å². The molecule has 4 aromatic rings. The van der Waals surface area contributed by atoms with Gasteiger partial charge in [-0.3, -0.25) is 0 Å². The zero-order chi connectivity index (χ0) is 22.4. The Morgan fingerprint density at radius 3 is 2.52 bits per heavy atom. The number of aromatic nitrogens is 3. The predicted octanol–water partition coefficient (Wildman–Crippen LogP) is 4.62. The third kappa shape index (κ3) is 3.09. The average Bonchev–Trinajstić information content (AvgIpc) is 3.35. The number of fused-ring (bicyclic) bond motifs is 3. The van der Waals surface area contributed by atoms with Gasteiger partial charge in [-0.25, -0.2) is 9.48 Å². The lowest BCUT2D eigenvalue weighted by Crippen LogP contribution is -2.32. The van der Waals surface area contributed by atoms with E-state index >= 15 is 0 Å². The number of anilines is 1. The molecular formula is C26H20N4O3. The van der Waals surface area contributed by atoms with Crippen LogP contribution in [0.4, 0.5) is 5.95 Å². The Morgan fingerprint density at radius 2 is 1.73 bits per heavy atom. The fraction of sp³-hybridized carbons (Fsp3) is 0.115. The maximum atomic E-state index is 11.9. The predicted molar refractivity (Wildman–Crippen MR) is 123 cm³/mol. The normalized spacial score (nSPS) is 18.3. The van der Waals surface area contributed by atoms with Crippen molar-refractivity contribution in [2.24, 2.45) is 0 Å². The first-order valence-electron chi connectivity index (χ1n) is 10.6. The maximum Gasteiger partial charge on any atom is 0.337 e. The molecule has 33 heavy (non-hydrogen) atoms. The Morgan fingerprint density at radius 1 is 0.970 bits per heavy atom. The summed E-state index contributed by atoms with van der Waals surface area (Å²) in [6, 6.07) is 25.3. The zero-order valence-electron chi connectivity index (χ0n) is 17.8. The van der Waals surface area contributed by atoms with E-state index < -0.39 is 6.10 Å². The SMILES string of the molecule is COC(=O)c1ccc([C@@H]2Oc3ccccc3C3=C2[C@H](c2ccccc2)n2ncnc2N3)cc1. The van der Waals surface area contributed by atoms with Gasteiger partial charge in [-0.1, -0.05) is 54.6 Å². The number of carbonyl (C=O) groups excluding carboxylic acids is 1. The standard InChI is InChI=1S/C26H20N4O3/c1-32-25(31)18-13-11-17(12-14-18)24-21-22(19-9-5-6-10-20(19)33-24)29-26-27-15-28-30(26)23(21)16-7-3-2-4-8-16/h2-15,23-24H,1H3,(H,27,28,29)/t23-,24-/m0/s1. The summed E-state index contributed by atoms with van der Waals surface area (Å²) >= 11 is 0. The highest BCUT2D eigenvalue weighted by atomic mass is 16.5. The lowest BCUT2D eigenvalue weighted by atomic mass is 9.84. The molecule has 2 aliphatic rings. The molecule has 3 heterocycles. The molecule has 7 nitrogen and oxygen atoms in total. The Balaban J connectivity index is 1.56. The molecule has 7 heteroatoms. The van der Waals surface area contributed by atoms with E-state index in [2.05, 4.69) is 27.5 Å². The average molecular weight is 436 g/mol.